The Kier molecular flexibility index (Phi) is 4.63. The Bertz CT molecular complexity index is 520. The van der Waals surface area contributed by atoms with E-state index < -0.39 is 0 Å². The summed E-state index contributed by atoms with van der Waals surface area (Å²) in [5.41, 5.74) is 3.29. The minimum Gasteiger partial charge on any atom is -0.308 e. The van der Waals surface area contributed by atoms with Crippen LogP contribution in [0.2, 0.25) is 0 Å². The van der Waals surface area contributed by atoms with Gasteiger partial charge in [-0.1, -0.05) is 18.2 Å². The van der Waals surface area contributed by atoms with Crippen LogP contribution in [0.1, 0.15) is 36.3 Å². The highest BCUT2D eigenvalue weighted by Gasteiger charge is 2.16. The lowest BCUT2D eigenvalue weighted by Gasteiger charge is -2.18. The van der Waals surface area contributed by atoms with Gasteiger partial charge in [-0.3, -0.25) is 9.67 Å². The van der Waals surface area contributed by atoms with Gasteiger partial charge < -0.3 is 5.32 Å². The molecule has 102 valence electrons. The average Bonchev–Trinajstić information content (AvgIpc) is 2.81. The molecule has 2 aromatic rings. The molecule has 0 radical (unpaired) electrons. The van der Waals surface area contributed by atoms with Crippen molar-refractivity contribution in [3.63, 3.8) is 0 Å². The summed E-state index contributed by atoms with van der Waals surface area (Å²) in [6.07, 6.45) is 5.72. The molecule has 2 heterocycles. The second-order valence-corrected chi connectivity index (χ2v) is 4.80. The van der Waals surface area contributed by atoms with Gasteiger partial charge in [0.05, 0.1) is 17.4 Å². The van der Waals surface area contributed by atoms with E-state index in [2.05, 4.69) is 40.5 Å². The van der Waals surface area contributed by atoms with Gasteiger partial charge in [-0.15, -0.1) is 5.10 Å². The van der Waals surface area contributed by atoms with Crippen molar-refractivity contribution in [3.8, 4) is 0 Å². The highest BCUT2D eigenvalue weighted by molar-refractivity contribution is 5.22. The van der Waals surface area contributed by atoms with E-state index in [0.717, 1.165) is 30.8 Å². The first-order chi connectivity index (χ1) is 9.20. The zero-order valence-electron chi connectivity index (χ0n) is 11.8. The Hall–Kier alpha value is -1.75. The van der Waals surface area contributed by atoms with Crippen LogP contribution in [0, 0.1) is 6.92 Å². The molecule has 0 aliphatic carbocycles. The largest absolute Gasteiger partial charge is 0.308 e. The van der Waals surface area contributed by atoms with Gasteiger partial charge in [0.1, 0.15) is 0 Å². The van der Waals surface area contributed by atoms with Crippen molar-refractivity contribution >= 4 is 0 Å². The summed E-state index contributed by atoms with van der Waals surface area (Å²) in [5.74, 6) is 0. The number of nitrogens with zero attached hydrogens (tertiary/aromatic N) is 4. The van der Waals surface area contributed by atoms with Crippen LogP contribution in [-0.2, 0) is 13.5 Å². The van der Waals surface area contributed by atoms with Crippen LogP contribution in [-0.4, -0.2) is 26.5 Å². The van der Waals surface area contributed by atoms with Gasteiger partial charge in [0, 0.05) is 25.9 Å². The van der Waals surface area contributed by atoms with E-state index in [9.17, 15) is 0 Å². The van der Waals surface area contributed by atoms with Gasteiger partial charge in [0.15, 0.2) is 0 Å². The molecule has 2 rings (SSSR count). The van der Waals surface area contributed by atoms with Crippen molar-refractivity contribution in [3.05, 3.63) is 41.5 Å². The molecule has 2 aromatic heterocycles. The van der Waals surface area contributed by atoms with Crippen molar-refractivity contribution in [2.75, 3.05) is 6.54 Å². The third-order valence-electron chi connectivity index (χ3n) is 3.08. The molecule has 1 unspecified atom stereocenters. The van der Waals surface area contributed by atoms with Crippen LogP contribution >= 0.6 is 0 Å². The summed E-state index contributed by atoms with van der Waals surface area (Å²) in [5, 5.41) is 11.7. The van der Waals surface area contributed by atoms with E-state index in [1.54, 1.807) is 4.68 Å². The zero-order chi connectivity index (χ0) is 13.7. The maximum Gasteiger partial charge on any atom is 0.0846 e. The van der Waals surface area contributed by atoms with Gasteiger partial charge >= 0.3 is 0 Å². The van der Waals surface area contributed by atoms with Gasteiger partial charge in [-0.05, 0) is 31.5 Å². The molecule has 0 bridgehead atoms. The standard InChI is InChI=1S/C14H21N5/c1-4-7-15-13(9-12-10-19(3)18-17-12)14-11(2)6-5-8-16-14/h5-6,8,10,13,15H,4,7,9H2,1-3H3. The quantitative estimate of drug-likeness (QED) is 0.859. The molecule has 0 amide bonds. The van der Waals surface area contributed by atoms with E-state index in [0.29, 0.717) is 0 Å². The average molecular weight is 259 g/mol. The summed E-state index contributed by atoms with van der Waals surface area (Å²) >= 11 is 0. The van der Waals surface area contributed by atoms with Crippen molar-refractivity contribution in [1.29, 1.82) is 0 Å². The number of rotatable bonds is 6. The third kappa shape index (κ3) is 3.61. The van der Waals surface area contributed by atoms with Crippen molar-refractivity contribution in [2.24, 2.45) is 7.05 Å². The number of hydrogen-bond donors (Lipinski definition) is 1. The molecule has 5 nitrogen and oxygen atoms in total. The highest BCUT2D eigenvalue weighted by atomic mass is 15.4. The molecule has 0 saturated carbocycles. The highest BCUT2D eigenvalue weighted by Crippen LogP contribution is 2.18. The maximum absolute atomic E-state index is 4.52. The van der Waals surface area contributed by atoms with Gasteiger partial charge in [-0.2, -0.15) is 0 Å². The third-order valence-corrected chi connectivity index (χ3v) is 3.08. The summed E-state index contributed by atoms with van der Waals surface area (Å²) in [7, 11) is 1.89. The van der Waals surface area contributed by atoms with Crippen molar-refractivity contribution < 1.29 is 0 Å². The maximum atomic E-state index is 4.52. The van der Waals surface area contributed by atoms with Crippen LogP contribution in [0.3, 0.4) is 0 Å². The lowest BCUT2D eigenvalue weighted by atomic mass is 10.0. The number of hydrogen-bond acceptors (Lipinski definition) is 4. The first-order valence-corrected chi connectivity index (χ1v) is 6.70. The molecule has 0 spiro atoms. The molecular weight excluding hydrogens is 238 g/mol. The lowest BCUT2D eigenvalue weighted by Crippen LogP contribution is -2.25. The Labute approximate surface area is 114 Å². The fourth-order valence-corrected chi connectivity index (χ4v) is 2.14. The smallest absolute Gasteiger partial charge is 0.0846 e. The van der Waals surface area contributed by atoms with Crippen molar-refractivity contribution in [2.45, 2.75) is 32.7 Å². The Balaban J connectivity index is 2.18. The normalized spacial score (nSPS) is 12.6. The second-order valence-electron chi connectivity index (χ2n) is 4.80. The number of pyridine rings is 1. The predicted molar refractivity (Wildman–Crippen MR) is 74.7 cm³/mol. The van der Waals surface area contributed by atoms with Crippen LogP contribution in [0.4, 0.5) is 0 Å². The molecule has 0 saturated heterocycles. The van der Waals surface area contributed by atoms with Crippen LogP contribution < -0.4 is 5.32 Å². The van der Waals surface area contributed by atoms with Crippen LogP contribution in [0.15, 0.2) is 24.5 Å². The summed E-state index contributed by atoms with van der Waals surface area (Å²) in [6, 6.07) is 4.26. The minimum atomic E-state index is 0.192. The van der Waals surface area contributed by atoms with Gasteiger partial charge in [0.25, 0.3) is 0 Å². The number of aromatic nitrogens is 4. The molecule has 0 aliphatic rings. The predicted octanol–water partition coefficient (Wildman–Crippen LogP) is 1.80. The van der Waals surface area contributed by atoms with E-state index in [4.69, 9.17) is 0 Å². The molecular formula is C14H21N5. The molecule has 0 aliphatic heterocycles. The first kappa shape index (κ1) is 13.7. The Morgan fingerprint density at radius 3 is 2.89 bits per heavy atom. The molecule has 1 atom stereocenters. The lowest BCUT2D eigenvalue weighted by molar-refractivity contribution is 0.510. The SMILES string of the molecule is CCCNC(Cc1cn(C)nn1)c1ncccc1C. The van der Waals surface area contributed by atoms with Crippen molar-refractivity contribution in [1.82, 2.24) is 25.3 Å². The van der Waals surface area contributed by atoms with Crippen LogP contribution in [0.5, 0.6) is 0 Å². The molecule has 0 aromatic carbocycles. The minimum absolute atomic E-state index is 0.192. The number of nitrogens with one attached hydrogen (secondary N) is 1. The van der Waals surface area contributed by atoms with Crippen LogP contribution in [0.25, 0.3) is 0 Å². The summed E-state index contributed by atoms with van der Waals surface area (Å²) in [6.45, 7) is 5.23. The second kappa shape index (κ2) is 6.43. The Morgan fingerprint density at radius 2 is 2.26 bits per heavy atom. The molecule has 0 fully saturated rings. The monoisotopic (exact) mass is 259 g/mol. The molecule has 1 N–H and O–H groups in total. The van der Waals surface area contributed by atoms with E-state index in [-0.39, 0.29) is 6.04 Å². The van der Waals surface area contributed by atoms with E-state index in [1.165, 1.54) is 5.56 Å². The topological polar surface area (TPSA) is 55.6 Å². The van der Waals surface area contributed by atoms with Gasteiger partial charge in [0.2, 0.25) is 0 Å². The van der Waals surface area contributed by atoms with E-state index >= 15 is 0 Å². The van der Waals surface area contributed by atoms with Gasteiger partial charge in [-0.25, -0.2) is 0 Å². The fraction of sp³-hybridized carbons (Fsp3) is 0.500. The summed E-state index contributed by atoms with van der Waals surface area (Å²) in [4.78, 5) is 4.52. The molecule has 19 heavy (non-hydrogen) atoms. The Morgan fingerprint density at radius 1 is 1.42 bits per heavy atom. The fourth-order valence-electron chi connectivity index (χ4n) is 2.14. The number of aryl methyl sites for hydroxylation is 2. The van der Waals surface area contributed by atoms with E-state index in [1.807, 2.05) is 25.5 Å². The summed E-state index contributed by atoms with van der Waals surface area (Å²) < 4.78 is 1.73. The zero-order valence-corrected chi connectivity index (χ0v) is 11.8. The first-order valence-electron chi connectivity index (χ1n) is 6.70. The molecule has 5 heteroatoms.